The lowest BCUT2D eigenvalue weighted by Gasteiger charge is -2.38. The molecule has 0 saturated heterocycles. The van der Waals surface area contributed by atoms with E-state index in [1.54, 1.807) is 0 Å². The Morgan fingerprint density at radius 1 is 0.818 bits per heavy atom. The van der Waals surface area contributed by atoms with Crippen molar-refractivity contribution < 1.29 is 0 Å². The van der Waals surface area contributed by atoms with E-state index >= 15 is 0 Å². The van der Waals surface area contributed by atoms with Gasteiger partial charge in [0.25, 0.3) is 0 Å². The van der Waals surface area contributed by atoms with E-state index < -0.39 is 0 Å². The smallest absolute Gasteiger partial charge is 0.103 e. The lowest BCUT2D eigenvalue weighted by molar-refractivity contribution is 0.487. The molecular formula is C19H28NPS. The summed E-state index contributed by atoms with van der Waals surface area (Å²) in [5.74, 6) is 0. The van der Waals surface area contributed by atoms with Crippen molar-refractivity contribution in [3.63, 3.8) is 0 Å². The molecular weight excluding hydrogens is 305 g/mol. The van der Waals surface area contributed by atoms with Crippen molar-refractivity contribution in [2.45, 2.75) is 75.5 Å². The largest absolute Gasteiger partial charge is 0.346 e. The van der Waals surface area contributed by atoms with Gasteiger partial charge < -0.3 is 5.32 Å². The molecule has 22 heavy (non-hydrogen) atoms. The Morgan fingerprint density at radius 3 is 1.82 bits per heavy atom. The van der Waals surface area contributed by atoms with Crippen LogP contribution in [0.1, 0.15) is 64.2 Å². The van der Waals surface area contributed by atoms with Gasteiger partial charge in [0, 0.05) is 5.69 Å². The van der Waals surface area contributed by atoms with Gasteiger partial charge in [0.2, 0.25) is 0 Å². The van der Waals surface area contributed by atoms with Crippen LogP contribution in [0.3, 0.4) is 0 Å². The number of rotatable bonds is 4. The molecule has 0 aromatic heterocycles. The molecule has 120 valence electrons. The summed E-state index contributed by atoms with van der Waals surface area (Å²) >= 11 is 5.94. The Balaban J connectivity index is 1.72. The van der Waals surface area contributed by atoms with Gasteiger partial charge in [-0.1, -0.05) is 68.9 Å². The van der Waals surface area contributed by atoms with Crippen LogP contribution in [0.2, 0.25) is 0 Å². The normalized spacial score (nSPS) is 21.0. The summed E-state index contributed by atoms with van der Waals surface area (Å²) in [5, 5.41) is 3.60. The molecule has 3 heteroatoms. The molecule has 2 fully saturated rings. The Morgan fingerprint density at radius 2 is 1.32 bits per heavy atom. The lowest BCUT2D eigenvalue weighted by Crippen LogP contribution is -2.26. The van der Waals surface area contributed by atoms with Crippen molar-refractivity contribution in [2.24, 2.45) is 0 Å². The predicted octanol–water partition coefficient (Wildman–Crippen LogP) is 6.53. The first-order valence-corrected chi connectivity index (χ1v) is 10.9. The van der Waals surface area contributed by atoms with Crippen LogP contribution < -0.4 is 5.32 Å². The molecule has 0 amide bonds. The average Bonchev–Trinajstić information content (AvgIpc) is 2.58. The SMILES string of the molecule is S=C(Nc1ccccc1)P(C1CCCCC1)C1CCCCC1. The lowest BCUT2D eigenvalue weighted by atomic mass is 9.99. The molecule has 0 unspecified atom stereocenters. The van der Waals surface area contributed by atoms with Crippen LogP contribution in [0, 0.1) is 0 Å². The predicted molar refractivity (Wildman–Crippen MR) is 103 cm³/mol. The minimum atomic E-state index is -0.162. The van der Waals surface area contributed by atoms with E-state index in [2.05, 4.69) is 35.6 Å². The summed E-state index contributed by atoms with van der Waals surface area (Å²) in [7, 11) is -0.162. The molecule has 3 rings (SSSR count). The van der Waals surface area contributed by atoms with Gasteiger partial charge in [-0.15, -0.1) is 0 Å². The highest BCUT2D eigenvalue weighted by molar-refractivity contribution is 7.99. The first kappa shape index (κ1) is 16.4. The molecule has 0 aliphatic heterocycles. The maximum atomic E-state index is 5.94. The van der Waals surface area contributed by atoms with E-state index in [0.29, 0.717) is 0 Å². The Bertz CT molecular complexity index is 446. The molecule has 1 aromatic rings. The minimum Gasteiger partial charge on any atom is -0.346 e. The first-order valence-electron chi connectivity index (χ1n) is 8.99. The van der Waals surface area contributed by atoms with Gasteiger partial charge >= 0.3 is 0 Å². The molecule has 2 saturated carbocycles. The quantitative estimate of drug-likeness (QED) is 0.496. The fourth-order valence-electron chi connectivity index (χ4n) is 4.06. The minimum absolute atomic E-state index is 0.162. The monoisotopic (exact) mass is 333 g/mol. The summed E-state index contributed by atoms with van der Waals surface area (Å²) in [6, 6.07) is 10.5. The third-order valence-electron chi connectivity index (χ3n) is 5.20. The maximum absolute atomic E-state index is 5.94. The summed E-state index contributed by atoms with van der Waals surface area (Å²) in [6.07, 6.45) is 14.2. The fourth-order valence-corrected chi connectivity index (χ4v) is 8.43. The van der Waals surface area contributed by atoms with Gasteiger partial charge in [0.15, 0.2) is 0 Å². The zero-order chi connectivity index (χ0) is 15.2. The number of thiocarbonyl (C=S) groups is 1. The fraction of sp³-hybridized carbons (Fsp3) is 0.632. The van der Waals surface area contributed by atoms with Crippen molar-refractivity contribution in [2.75, 3.05) is 5.32 Å². The topological polar surface area (TPSA) is 12.0 Å². The number of anilines is 1. The summed E-state index contributed by atoms with van der Waals surface area (Å²) < 4.78 is 1.18. The number of hydrogen-bond acceptors (Lipinski definition) is 1. The van der Waals surface area contributed by atoms with E-state index in [-0.39, 0.29) is 7.92 Å². The van der Waals surface area contributed by atoms with Crippen molar-refractivity contribution in [3.8, 4) is 0 Å². The summed E-state index contributed by atoms with van der Waals surface area (Å²) in [6.45, 7) is 0. The molecule has 2 aliphatic rings. The Labute approximate surface area is 142 Å². The first-order chi connectivity index (χ1) is 10.8. The van der Waals surface area contributed by atoms with Gasteiger partial charge in [0.05, 0.1) is 0 Å². The molecule has 0 heterocycles. The van der Waals surface area contributed by atoms with E-state index in [9.17, 15) is 0 Å². The van der Waals surface area contributed by atoms with Crippen molar-refractivity contribution in [1.82, 2.24) is 0 Å². The van der Waals surface area contributed by atoms with Crippen LogP contribution >= 0.6 is 20.1 Å². The highest BCUT2D eigenvalue weighted by atomic mass is 32.1. The van der Waals surface area contributed by atoms with Crippen molar-refractivity contribution in [1.29, 1.82) is 0 Å². The van der Waals surface area contributed by atoms with E-state index in [4.69, 9.17) is 12.2 Å². The second-order valence-electron chi connectivity index (χ2n) is 6.79. The molecule has 1 nitrogen and oxygen atoms in total. The van der Waals surface area contributed by atoms with E-state index in [0.717, 1.165) is 11.3 Å². The van der Waals surface area contributed by atoms with E-state index in [1.165, 1.54) is 74.6 Å². The summed E-state index contributed by atoms with van der Waals surface area (Å²) in [4.78, 5) is 0. The number of hydrogen-bond donors (Lipinski definition) is 1. The van der Waals surface area contributed by atoms with Gasteiger partial charge in [-0.3, -0.25) is 0 Å². The van der Waals surface area contributed by atoms with Gasteiger partial charge in [-0.2, -0.15) is 0 Å². The van der Waals surface area contributed by atoms with Gasteiger partial charge in [0.1, 0.15) is 4.73 Å². The maximum Gasteiger partial charge on any atom is 0.103 e. The molecule has 0 spiro atoms. The van der Waals surface area contributed by atoms with Crippen LogP contribution in [0.4, 0.5) is 5.69 Å². The van der Waals surface area contributed by atoms with Crippen LogP contribution in [-0.2, 0) is 0 Å². The number of benzene rings is 1. The van der Waals surface area contributed by atoms with Crippen molar-refractivity contribution in [3.05, 3.63) is 30.3 Å². The van der Waals surface area contributed by atoms with Crippen LogP contribution in [0.15, 0.2) is 30.3 Å². The second kappa shape index (κ2) is 8.41. The van der Waals surface area contributed by atoms with Gasteiger partial charge in [-0.05, 0) is 57.1 Å². The van der Waals surface area contributed by atoms with Crippen LogP contribution in [-0.4, -0.2) is 16.0 Å². The zero-order valence-electron chi connectivity index (χ0n) is 13.5. The average molecular weight is 333 g/mol. The van der Waals surface area contributed by atoms with Crippen LogP contribution in [0.25, 0.3) is 0 Å². The molecule has 2 aliphatic carbocycles. The van der Waals surface area contributed by atoms with Crippen molar-refractivity contribution >= 4 is 30.6 Å². The second-order valence-corrected chi connectivity index (χ2v) is 10.2. The highest BCUT2D eigenvalue weighted by Crippen LogP contribution is 2.56. The molecule has 1 aromatic carbocycles. The van der Waals surface area contributed by atoms with E-state index in [1.807, 2.05) is 0 Å². The third kappa shape index (κ3) is 4.30. The molecule has 0 atom stereocenters. The molecule has 0 bridgehead atoms. The highest BCUT2D eigenvalue weighted by Gasteiger charge is 2.33. The zero-order valence-corrected chi connectivity index (χ0v) is 15.2. The standard InChI is InChI=1S/C19H28NPS/c22-19(20-16-10-4-1-5-11-16)21(17-12-6-2-7-13-17)18-14-8-3-9-15-18/h1,4-5,10-11,17-18H,2-3,6-9,12-15H2,(H,20,22). The number of nitrogens with one attached hydrogen (secondary N) is 1. The molecule has 0 radical (unpaired) electrons. The molecule has 1 N–H and O–H groups in total. The van der Waals surface area contributed by atoms with Crippen LogP contribution in [0.5, 0.6) is 0 Å². The Hall–Kier alpha value is -0.460. The van der Waals surface area contributed by atoms with Gasteiger partial charge in [-0.25, -0.2) is 0 Å². The number of para-hydroxylation sites is 1. The summed E-state index contributed by atoms with van der Waals surface area (Å²) in [5.41, 5.74) is 2.94. The Kier molecular flexibility index (Phi) is 6.27. The third-order valence-corrected chi connectivity index (χ3v) is 9.12.